The monoisotopic (exact) mass is 358 g/mol. The van der Waals surface area contributed by atoms with Crippen molar-refractivity contribution >= 4 is 22.7 Å². The molecule has 0 radical (unpaired) electrons. The van der Waals surface area contributed by atoms with Gasteiger partial charge in [-0.1, -0.05) is 12.1 Å². The van der Waals surface area contributed by atoms with Crippen molar-refractivity contribution in [1.82, 2.24) is 0 Å². The second-order valence-electron chi connectivity index (χ2n) is 4.76. The van der Waals surface area contributed by atoms with E-state index in [1.807, 2.05) is 6.92 Å². The Morgan fingerprint density at radius 2 is 1.67 bits per heavy atom. The van der Waals surface area contributed by atoms with Crippen molar-refractivity contribution in [1.29, 1.82) is 0 Å². The maximum absolute atomic E-state index is 11.9. The van der Waals surface area contributed by atoms with Crippen LogP contribution >= 0.6 is 0 Å². The fraction of sp³-hybridized carbons (Fsp3) is 0.500. The largest absolute Gasteiger partial charge is 0.478 e. The zero-order valence-corrected chi connectivity index (χ0v) is 14.4. The average molecular weight is 358 g/mol. The lowest BCUT2D eigenvalue weighted by atomic mass is 10.1. The predicted octanol–water partition coefficient (Wildman–Crippen LogP) is 1.23. The van der Waals surface area contributed by atoms with E-state index in [9.17, 15) is 13.8 Å². The number of carboxylic acid groups (broad SMARTS) is 1. The van der Waals surface area contributed by atoms with Crippen molar-refractivity contribution in [3.05, 3.63) is 35.4 Å². The molecule has 134 valence electrons. The molecule has 0 aromatic heterocycles. The number of hydrogen-bond acceptors (Lipinski definition) is 6. The van der Waals surface area contributed by atoms with E-state index in [2.05, 4.69) is 0 Å². The molecule has 0 aliphatic carbocycles. The van der Waals surface area contributed by atoms with Crippen LogP contribution in [0.2, 0.25) is 0 Å². The molecular formula is C16H22O7S. The average Bonchev–Trinajstić information content (AvgIpc) is 2.54. The van der Waals surface area contributed by atoms with Crippen LogP contribution in [0.1, 0.15) is 22.8 Å². The number of ether oxygens (including phenoxy) is 3. The molecule has 8 heteroatoms. The van der Waals surface area contributed by atoms with Gasteiger partial charge in [0.25, 0.3) is 0 Å². The zero-order chi connectivity index (χ0) is 17.8. The van der Waals surface area contributed by atoms with E-state index >= 15 is 0 Å². The van der Waals surface area contributed by atoms with Gasteiger partial charge in [-0.25, -0.2) is 4.79 Å². The van der Waals surface area contributed by atoms with E-state index in [4.69, 9.17) is 19.3 Å². The van der Waals surface area contributed by atoms with Gasteiger partial charge in [-0.3, -0.25) is 9.00 Å². The first kappa shape index (κ1) is 20.3. The lowest BCUT2D eigenvalue weighted by molar-refractivity contribution is -0.142. The Morgan fingerprint density at radius 1 is 1.04 bits per heavy atom. The molecular weight excluding hydrogens is 336 g/mol. The van der Waals surface area contributed by atoms with Crippen LogP contribution in [0, 0.1) is 0 Å². The molecule has 1 atom stereocenters. The van der Waals surface area contributed by atoms with E-state index in [0.717, 1.165) is 0 Å². The molecule has 0 aliphatic heterocycles. The van der Waals surface area contributed by atoms with Crippen LogP contribution in [-0.4, -0.2) is 60.0 Å². The Labute approximate surface area is 143 Å². The summed E-state index contributed by atoms with van der Waals surface area (Å²) in [6.45, 7) is 3.82. The number of rotatable bonds is 12. The van der Waals surface area contributed by atoms with Gasteiger partial charge in [0.15, 0.2) is 0 Å². The summed E-state index contributed by atoms with van der Waals surface area (Å²) in [5.41, 5.74) is 0.860. The number of aromatic carboxylic acids is 1. The summed E-state index contributed by atoms with van der Waals surface area (Å²) < 4.78 is 27.1. The number of benzene rings is 1. The van der Waals surface area contributed by atoms with Gasteiger partial charge in [0.2, 0.25) is 0 Å². The normalized spacial score (nSPS) is 11.9. The smallest absolute Gasteiger partial charge is 0.335 e. The van der Waals surface area contributed by atoms with Gasteiger partial charge in [-0.05, 0) is 24.6 Å². The minimum absolute atomic E-state index is 0.107. The van der Waals surface area contributed by atoms with Gasteiger partial charge in [0.05, 0.1) is 25.4 Å². The van der Waals surface area contributed by atoms with Crippen molar-refractivity contribution in [2.75, 3.05) is 38.8 Å². The molecule has 1 aromatic carbocycles. The molecule has 0 amide bonds. The van der Waals surface area contributed by atoms with Crippen LogP contribution < -0.4 is 0 Å². The third kappa shape index (κ3) is 8.76. The number of carboxylic acids is 1. The summed E-state index contributed by atoms with van der Waals surface area (Å²) in [6.07, 6.45) is 0. The highest BCUT2D eigenvalue weighted by Gasteiger charge is 2.11. The number of carbonyl (C=O) groups is 2. The Kier molecular flexibility index (Phi) is 9.90. The fourth-order valence-electron chi connectivity index (χ4n) is 1.73. The molecule has 24 heavy (non-hydrogen) atoms. The van der Waals surface area contributed by atoms with Gasteiger partial charge >= 0.3 is 11.9 Å². The maximum Gasteiger partial charge on any atom is 0.335 e. The van der Waals surface area contributed by atoms with Crippen LogP contribution in [-0.2, 0) is 35.6 Å². The van der Waals surface area contributed by atoms with Crippen molar-refractivity contribution in [3.63, 3.8) is 0 Å². The highest BCUT2D eigenvalue weighted by molar-refractivity contribution is 7.84. The molecule has 1 unspecified atom stereocenters. The van der Waals surface area contributed by atoms with E-state index < -0.39 is 22.7 Å². The molecule has 7 nitrogen and oxygen atoms in total. The third-order valence-corrected chi connectivity index (χ3v) is 4.09. The zero-order valence-electron chi connectivity index (χ0n) is 13.6. The molecule has 0 saturated carbocycles. The summed E-state index contributed by atoms with van der Waals surface area (Å²) in [7, 11) is -1.41. The van der Waals surface area contributed by atoms with Crippen molar-refractivity contribution in [2.45, 2.75) is 12.7 Å². The molecule has 0 bridgehead atoms. The molecule has 0 heterocycles. The minimum atomic E-state index is -1.41. The molecule has 0 spiro atoms. The second kappa shape index (κ2) is 11.7. The first-order valence-electron chi connectivity index (χ1n) is 7.51. The van der Waals surface area contributed by atoms with E-state index in [0.29, 0.717) is 25.4 Å². The fourth-order valence-corrected chi connectivity index (χ4v) is 2.74. The Hall–Kier alpha value is -1.77. The van der Waals surface area contributed by atoms with Gasteiger partial charge in [0, 0.05) is 23.2 Å². The van der Waals surface area contributed by atoms with Crippen LogP contribution in [0.25, 0.3) is 0 Å². The topological polar surface area (TPSA) is 99.1 Å². The molecule has 1 rings (SSSR count). The lowest BCUT2D eigenvalue weighted by Gasteiger charge is -2.06. The third-order valence-electron chi connectivity index (χ3n) is 2.87. The molecule has 1 N–H and O–H groups in total. The van der Waals surface area contributed by atoms with E-state index in [-0.39, 0.29) is 30.3 Å². The predicted molar refractivity (Wildman–Crippen MR) is 88.4 cm³/mol. The molecule has 1 aromatic rings. The van der Waals surface area contributed by atoms with E-state index in [1.54, 1.807) is 12.1 Å². The summed E-state index contributed by atoms with van der Waals surface area (Å²) in [4.78, 5) is 22.3. The highest BCUT2D eigenvalue weighted by Crippen LogP contribution is 2.07. The van der Waals surface area contributed by atoms with Crippen LogP contribution in [0.3, 0.4) is 0 Å². The number of esters is 1. The Morgan fingerprint density at radius 3 is 2.29 bits per heavy atom. The Balaban J connectivity index is 2.19. The van der Waals surface area contributed by atoms with Gasteiger partial charge in [-0.15, -0.1) is 0 Å². The SMILES string of the molecule is CCOCCOCCOC(=O)CS(=O)Cc1ccc(C(=O)O)cc1. The van der Waals surface area contributed by atoms with Crippen molar-refractivity contribution in [3.8, 4) is 0 Å². The van der Waals surface area contributed by atoms with Gasteiger partial charge in [0.1, 0.15) is 12.4 Å². The lowest BCUT2D eigenvalue weighted by Crippen LogP contribution is -2.18. The van der Waals surface area contributed by atoms with Crippen LogP contribution in [0.4, 0.5) is 0 Å². The van der Waals surface area contributed by atoms with E-state index in [1.165, 1.54) is 12.1 Å². The van der Waals surface area contributed by atoms with Gasteiger partial charge < -0.3 is 19.3 Å². The first-order valence-corrected chi connectivity index (χ1v) is 9.00. The summed E-state index contributed by atoms with van der Waals surface area (Å²) in [5, 5.41) is 8.80. The van der Waals surface area contributed by atoms with Gasteiger partial charge in [-0.2, -0.15) is 0 Å². The summed E-state index contributed by atoms with van der Waals surface area (Å²) >= 11 is 0. The van der Waals surface area contributed by atoms with Crippen molar-refractivity contribution in [2.24, 2.45) is 0 Å². The summed E-state index contributed by atoms with van der Waals surface area (Å²) in [6, 6.07) is 6.04. The van der Waals surface area contributed by atoms with Crippen LogP contribution in [0.15, 0.2) is 24.3 Å². The highest BCUT2D eigenvalue weighted by atomic mass is 32.2. The molecule has 0 fully saturated rings. The number of carbonyl (C=O) groups excluding carboxylic acids is 1. The minimum Gasteiger partial charge on any atom is -0.478 e. The van der Waals surface area contributed by atoms with Crippen LogP contribution in [0.5, 0.6) is 0 Å². The molecule has 0 saturated heterocycles. The summed E-state index contributed by atoms with van der Waals surface area (Å²) in [5.74, 6) is -1.61. The number of hydrogen-bond donors (Lipinski definition) is 1. The quantitative estimate of drug-likeness (QED) is 0.443. The molecule has 0 aliphatic rings. The second-order valence-corrected chi connectivity index (χ2v) is 6.22. The Bertz CT molecular complexity index is 542. The standard InChI is InChI=1S/C16H22O7S/c1-2-21-7-8-22-9-10-23-15(17)12-24(20)11-13-3-5-14(6-4-13)16(18)19/h3-6H,2,7-12H2,1H3,(H,18,19). The maximum atomic E-state index is 11.9. The van der Waals surface area contributed by atoms with Crippen molar-refractivity contribution < 1.29 is 33.1 Å². The first-order chi connectivity index (χ1) is 11.5.